The fourth-order valence-corrected chi connectivity index (χ4v) is 2.03. The SMILES string of the molecule is COc1ccc([N+](=O)[O-])c2c1OCC(C(C)=O)C2. The van der Waals surface area contributed by atoms with Crippen molar-refractivity contribution in [3.8, 4) is 11.5 Å². The van der Waals surface area contributed by atoms with Gasteiger partial charge in [0, 0.05) is 6.07 Å². The molecule has 1 aliphatic heterocycles. The Morgan fingerprint density at radius 3 is 2.83 bits per heavy atom. The second-order valence-electron chi connectivity index (χ2n) is 4.17. The highest BCUT2D eigenvalue weighted by Crippen LogP contribution is 2.41. The Balaban J connectivity index is 2.51. The van der Waals surface area contributed by atoms with Gasteiger partial charge in [-0.3, -0.25) is 14.9 Å². The quantitative estimate of drug-likeness (QED) is 0.604. The number of nitrogens with zero attached hydrogens (tertiary/aromatic N) is 1. The summed E-state index contributed by atoms with van der Waals surface area (Å²) in [6.45, 7) is 1.70. The molecule has 1 aromatic carbocycles. The lowest BCUT2D eigenvalue weighted by molar-refractivity contribution is -0.385. The van der Waals surface area contributed by atoms with Crippen LogP contribution in [-0.2, 0) is 11.2 Å². The molecule has 18 heavy (non-hydrogen) atoms. The van der Waals surface area contributed by atoms with Gasteiger partial charge in [-0.1, -0.05) is 0 Å². The Morgan fingerprint density at radius 1 is 1.56 bits per heavy atom. The number of ether oxygens (including phenoxy) is 2. The van der Waals surface area contributed by atoms with E-state index in [9.17, 15) is 14.9 Å². The molecule has 1 unspecified atom stereocenters. The predicted molar refractivity (Wildman–Crippen MR) is 63.0 cm³/mol. The molecule has 0 bridgehead atoms. The number of hydrogen-bond acceptors (Lipinski definition) is 5. The van der Waals surface area contributed by atoms with E-state index in [1.165, 1.54) is 26.2 Å². The summed E-state index contributed by atoms with van der Waals surface area (Å²) in [6, 6.07) is 2.88. The van der Waals surface area contributed by atoms with Crippen LogP contribution in [0.25, 0.3) is 0 Å². The van der Waals surface area contributed by atoms with Crippen LogP contribution < -0.4 is 9.47 Å². The molecule has 96 valence electrons. The van der Waals surface area contributed by atoms with Gasteiger partial charge in [-0.25, -0.2) is 0 Å². The zero-order valence-corrected chi connectivity index (χ0v) is 10.1. The van der Waals surface area contributed by atoms with Crippen LogP contribution in [-0.4, -0.2) is 24.4 Å². The van der Waals surface area contributed by atoms with Crippen molar-refractivity contribution >= 4 is 11.5 Å². The number of nitro benzene ring substituents is 1. The first kappa shape index (κ1) is 12.3. The zero-order chi connectivity index (χ0) is 13.3. The number of Topliss-reactive ketones (excluding diaryl/α,β-unsaturated/α-hetero) is 1. The molecule has 0 saturated carbocycles. The van der Waals surface area contributed by atoms with Crippen molar-refractivity contribution in [1.29, 1.82) is 0 Å². The highest BCUT2D eigenvalue weighted by Gasteiger charge is 2.31. The smallest absolute Gasteiger partial charge is 0.276 e. The molecule has 0 saturated heterocycles. The van der Waals surface area contributed by atoms with Gasteiger partial charge < -0.3 is 9.47 Å². The summed E-state index contributed by atoms with van der Waals surface area (Å²) in [5, 5.41) is 11.0. The van der Waals surface area contributed by atoms with Gasteiger partial charge in [0.25, 0.3) is 5.69 Å². The largest absolute Gasteiger partial charge is 0.493 e. The normalized spacial score (nSPS) is 17.6. The molecule has 0 N–H and O–H groups in total. The topological polar surface area (TPSA) is 78.7 Å². The molecule has 6 heteroatoms. The summed E-state index contributed by atoms with van der Waals surface area (Å²) in [6.07, 6.45) is 0.318. The molecule has 1 aromatic rings. The van der Waals surface area contributed by atoms with Crippen LogP contribution in [0.5, 0.6) is 11.5 Å². The van der Waals surface area contributed by atoms with Crippen LogP contribution in [0.15, 0.2) is 12.1 Å². The van der Waals surface area contributed by atoms with E-state index in [4.69, 9.17) is 9.47 Å². The maximum atomic E-state index is 11.4. The minimum atomic E-state index is -0.468. The Morgan fingerprint density at radius 2 is 2.28 bits per heavy atom. The average molecular weight is 251 g/mol. The van der Waals surface area contributed by atoms with Crippen molar-refractivity contribution in [1.82, 2.24) is 0 Å². The van der Waals surface area contributed by atoms with E-state index in [-0.39, 0.29) is 24.0 Å². The number of carbonyl (C=O) groups is 1. The van der Waals surface area contributed by atoms with Gasteiger partial charge in [0.15, 0.2) is 11.5 Å². The van der Waals surface area contributed by atoms with E-state index in [0.717, 1.165) is 0 Å². The van der Waals surface area contributed by atoms with E-state index in [1.54, 1.807) is 0 Å². The van der Waals surface area contributed by atoms with E-state index in [1.807, 2.05) is 0 Å². The minimum Gasteiger partial charge on any atom is -0.493 e. The lowest BCUT2D eigenvalue weighted by Crippen LogP contribution is -2.27. The number of hydrogen-bond donors (Lipinski definition) is 0. The number of benzene rings is 1. The Kier molecular flexibility index (Phi) is 3.18. The molecule has 0 aromatic heterocycles. The number of carbonyl (C=O) groups excluding carboxylic acids is 1. The summed E-state index contributed by atoms with van der Waals surface area (Å²) in [7, 11) is 1.47. The van der Waals surface area contributed by atoms with Crippen LogP contribution in [0.4, 0.5) is 5.69 Å². The van der Waals surface area contributed by atoms with Crippen LogP contribution in [0, 0.1) is 16.0 Å². The third-order valence-corrected chi connectivity index (χ3v) is 3.07. The van der Waals surface area contributed by atoms with Gasteiger partial charge >= 0.3 is 0 Å². The van der Waals surface area contributed by atoms with E-state index in [2.05, 4.69) is 0 Å². The molecule has 2 rings (SSSR count). The first-order chi connectivity index (χ1) is 8.54. The van der Waals surface area contributed by atoms with E-state index >= 15 is 0 Å². The number of nitro groups is 1. The summed E-state index contributed by atoms with van der Waals surface area (Å²) in [5.74, 6) is 0.475. The molecule has 1 heterocycles. The summed E-state index contributed by atoms with van der Waals surface area (Å²) in [4.78, 5) is 21.9. The van der Waals surface area contributed by atoms with Crippen LogP contribution >= 0.6 is 0 Å². The van der Waals surface area contributed by atoms with Crippen molar-refractivity contribution in [2.24, 2.45) is 5.92 Å². The first-order valence-electron chi connectivity index (χ1n) is 5.52. The Bertz CT molecular complexity index is 511. The number of methoxy groups -OCH3 is 1. The number of ketones is 1. The third-order valence-electron chi connectivity index (χ3n) is 3.07. The van der Waals surface area contributed by atoms with Crippen molar-refractivity contribution in [2.45, 2.75) is 13.3 Å². The molecule has 0 fully saturated rings. The molecular weight excluding hydrogens is 238 g/mol. The summed E-state index contributed by atoms with van der Waals surface area (Å²) >= 11 is 0. The molecule has 0 spiro atoms. The maximum absolute atomic E-state index is 11.4. The second-order valence-corrected chi connectivity index (χ2v) is 4.17. The standard InChI is InChI=1S/C12H13NO5/c1-7(14)8-5-9-10(13(15)16)3-4-11(17-2)12(9)18-6-8/h3-4,8H,5-6H2,1-2H3. The molecule has 0 aliphatic carbocycles. The summed E-state index contributed by atoms with van der Waals surface area (Å²) < 4.78 is 10.6. The van der Waals surface area contributed by atoms with Crippen LogP contribution in [0.1, 0.15) is 12.5 Å². The maximum Gasteiger partial charge on any atom is 0.276 e. The highest BCUT2D eigenvalue weighted by atomic mass is 16.6. The van der Waals surface area contributed by atoms with Gasteiger partial charge in [0.1, 0.15) is 5.78 Å². The van der Waals surface area contributed by atoms with Crippen LogP contribution in [0.3, 0.4) is 0 Å². The molecule has 6 nitrogen and oxygen atoms in total. The Hall–Kier alpha value is -2.11. The monoisotopic (exact) mass is 251 g/mol. The Labute approximate surface area is 104 Å². The second kappa shape index (κ2) is 4.64. The average Bonchev–Trinajstić information content (AvgIpc) is 2.36. The minimum absolute atomic E-state index is 0.0298. The van der Waals surface area contributed by atoms with Crippen molar-refractivity contribution in [3.05, 3.63) is 27.8 Å². The molecule has 0 amide bonds. The predicted octanol–water partition coefficient (Wildman–Crippen LogP) is 1.74. The van der Waals surface area contributed by atoms with Gasteiger partial charge in [-0.2, -0.15) is 0 Å². The van der Waals surface area contributed by atoms with Crippen molar-refractivity contribution < 1.29 is 19.2 Å². The fourth-order valence-electron chi connectivity index (χ4n) is 2.03. The van der Waals surface area contributed by atoms with E-state index < -0.39 is 4.92 Å². The van der Waals surface area contributed by atoms with Crippen molar-refractivity contribution in [2.75, 3.05) is 13.7 Å². The van der Waals surface area contributed by atoms with Gasteiger partial charge in [0.05, 0.1) is 30.1 Å². The molecule has 0 radical (unpaired) electrons. The zero-order valence-electron chi connectivity index (χ0n) is 10.1. The van der Waals surface area contributed by atoms with Gasteiger partial charge in [-0.05, 0) is 19.4 Å². The highest BCUT2D eigenvalue weighted by molar-refractivity contribution is 5.79. The molecule has 1 atom stereocenters. The van der Waals surface area contributed by atoms with Crippen LogP contribution in [0.2, 0.25) is 0 Å². The lowest BCUT2D eigenvalue weighted by Gasteiger charge is -2.24. The molecule has 1 aliphatic rings. The third kappa shape index (κ3) is 2.01. The van der Waals surface area contributed by atoms with E-state index in [0.29, 0.717) is 23.5 Å². The molecular formula is C12H13NO5. The number of rotatable bonds is 3. The first-order valence-corrected chi connectivity index (χ1v) is 5.52. The number of fused-ring (bicyclic) bond motifs is 1. The van der Waals surface area contributed by atoms with Gasteiger partial charge in [-0.15, -0.1) is 0 Å². The fraction of sp³-hybridized carbons (Fsp3) is 0.417. The van der Waals surface area contributed by atoms with Crippen molar-refractivity contribution in [3.63, 3.8) is 0 Å². The summed E-state index contributed by atoms with van der Waals surface area (Å²) in [5.41, 5.74) is 0.405. The van der Waals surface area contributed by atoms with Gasteiger partial charge in [0.2, 0.25) is 0 Å². The lowest BCUT2D eigenvalue weighted by atomic mass is 9.92.